The summed E-state index contributed by atoms with van der Waals surface area (Å²) in [6, 6.07) is 26.1. The van der Waals surface area contributed by atoms with E-state index in [0.29, 0.717) is 37.5 Å². The summed E-state index contributed by atoms with van der Waals surface area (Å²) in [6.07, 6.45) is 3.94. The molecule has 0 fully saturated rings. The number of aryl methyl sites for hydroxylation is 3. The van der Waals surface area contributed by atoms with Gasteiger partial charge in [-0.25, -0.2) is 13.2 Å². The van der Waals surface area contributed by atoms with Crippen LogP contribution < -0.4 is 9.47 Å². The lowest BCUT2D eigenvalue weighted by atomic mass is 9.98. The summed E-state index contributed by atoms with van der Waals surface area (Å²) in [5.41, 5.74) is 4.68. The zero-order valence-electron chi connectivity index (χ0n) is 28.3. The van der Waals surface area contributed by atoms with E-state index in [0.717, 1.165) is 56.1 Å². The molecule has 0 aliphatic rings. The molecule has 0 aliphatic heterocycles. The Balaban J connectivity index is 1.35. The minimum Gasteiger partial charge on any atom is -0.493 e. The topological polar surface area (TPSA) is 122 Å². The third kappa shape index (κ3) is 7.01. The lowest BCUT2D eigenvalue weighted by Gasteiger charge is -2.12. The third-order valence-corrected chi connectivity index (χ3v) is 9.84. The smallest absolute Gasteiger partial charge is 0.352 e. The molecule has 0 amide bonds. The third-order valence-electron chi connectivity index (χ3n) is 8.71. The normalized spacial score (nSPS) is 11.7. The van der Waals surface area contributed by atoms with Gasteiger partial charge in [-0.15, -0.1) is 6.58 Å². The SMILES string of the molecule is C=CCOCc1c(-c2cccc3c(CCCOc4cccc5ccccc45)c(C(=O)O)n(C)c23)c(COc2ccc(S(C)(=O)=O)cc2)nn1C. The van der Waals surface area contributed by atoms with Crippen LogP contribution in [0.1, 0.15) is 33.9 Å². The number of aromatic nitrogens is 3. The van der Waals surface area contributed by atoms with Crippen LogP contribution in [0.4, 0.5) is 0 Å². The van der Waals surface area contributed by atoms with Gasteiger partial charge in [0.05, 0.1) is 35.9 Å². The number of fused-ring (bicyclic) bond motifs is 2. The number of hydrogen-bond donors (Lipinski definition) is 1. The highest BCUT2D eigenvalue weighted by Gasteiger charge is 2.26. The Morgan fingerprint density at radius 1 is 0.920 bits per heavy atom. The van der Waals surface area contributed by atoms with Crippen LogP contribution in [0.25, 0.3) is 32.8 Å². The average Bonchev–Trinajstić information content (AvgIpc) is 3.57. The highest BCUT2D eigenvalue weighted by Crippen LogP contribution is 2.38. The van der Waals surface area contributed by atoms with Crippen molar-refractivity contribution in [2.75, 3.05) is 19.5 Å². The van der Waals surface area contributed by atoms with Gasteiger partial charge in [0.1, 0.15) is 29.5 Å². The van der Waals surface area contributed by atoms with Gasteiger partial charge in [0, 0.05) is 42.3 Å². The zero-order chi connectivity index (χ0) is 35.4. The fourth-order valence-electron chi connectivity index (χ4n) is 6.44. The molecule has 0 saturated carbocycles. The first kappa shape index (κ1) is 34.5. The van der Waals surface area contributed by atoms with Crippen LogP contribution in [-0.4, -0.2) is 53.3 Å². The lowest BCUT2D eigenvalue weighted by molar-refractivity contribution is 0.0685. The number of ether oxygens (including phenoxy) is 3. The Labute approximate surface area is 291 Å². The minimum atomic E-state index is -3.35. The Morgan fingerprint density at radius 2 is 1.64 bits per heavy atom. The second-order valence-electron chi connectivity index (χ2n) is 12.1. The van der Waals surface area contributed by atoms with Gasteiger partial charge in [-0.05, 0) is 54.1 Å². The van der Waals surface area contributed by atoms with Crippen molar-refractivity contribution in [1.82, 2.24) is 14.3 Å². The van der Waals surface area contributed by atoms with Gasteiger partial charge in [-0.2, -0.15) is 5.10 Å². The van der Waals surface area contributed by atoms with Crippen LogP contribution in [0.3, 0.4) is 0 Å². The van der Waals surface area contributed by atoms with Crippen molar-refractivity contribution in [3.8, 4) is 22.6 Å². The monoisotopic (exact) mass is 693 g/mol. The van der Waals surface area contributed by atoms with Crippen LogP contribution in [0.2, 0.25) is 0 Å². The number of carboxylic acid groups (broad SMARTS) is 1. The summed E-state index contributed by atoms with van der Waals surface area (Å²) < 4.78 is 45.5. The Morgan fingerprint density at radius 3 is 2.38 bits per heavy atom. The maximum atomic E-state index is 12.8. The molecule has 1 N–H and O–H groups in total. The molecule has 258 valence electrons. The van der Waals surface area contributed by atoms with E-state index in [1.807, 2.05) is 67.7 Å². The van der Waals surface area contributed by atoms with Crippen molar-refractivity contribution in [1.29, 1.82) is 0 Å². The molecular formula is C39H39N3O7S. The number of nitrogens with zero attached hydrogens (tertiary/aromatic N) is 3. The number of sulfone groups is 1. The number of rotatable bonds is 15. The van der Waals surface area contributed by atoms with E-state index < -0.39 is 15.8 Å². The quantitative estimate of drug-likeness (QED) is 0.0891. The van der Waals surface area contributed by atoms with Gasteiger partial charge in [-0.1, -0.05) is 60.7 Å². The van der Waals surface area contributed by atoms with Crippen LogP contribution in [0.5, 0.6) is 11.5 Å². The van der Waals surface area contributed by atoms with Crippen LogP contribution in [0.15, 0.2) is 102 Å². The van der Waals surface area contributed by atoms with Crippen molar-refractivity contribution >= 4 is 37.5 Å². The van der Waals surface area contributed by atoms with Gasteiger partial charge >= 0.3 is 5.97 Å². The van der Waals surface area contributed by atoms with E-state index >= 15 is 0 Å². The van der Waals surface area contributed by atoms with Gasteiger partial charge < -0.3 is 23.9 Å². The van der Waals surface area contributed by atoms with Crippen molar-refractivity contribution in [3.05, 3.63) is 120 Å². The summed E-state index contributed by atoms with van der Waals surface area (Å²) >= 11 is 0. The summed E-state index contributed by atoms with van der Waals surface area (Å²) in [5.74, 6) is 0.267. The standard InChI is InChI=1S/C39H39N3O7S/c1-5-22-47-25-34-36(33(40-42(34)3)24-49-27-18-20-28(21-19-27)50(4,45)46)32-15-9-14-30-31(38(39(43)44)41(2)37(30)32)16-10-23-48-35-17-8-12-26-11-6-7-13-29(26)35/h5-9,11-15,17-21H,1,10,16,22-25H2,2-4H3,(H,43,44). The first-order valence-corrected chi connectivity index (χ1v) is 18.1. The fraction of sp³-hybridized carbons (Fsp3) is 0.231. The second-order valence-corrected chi connectivity index (χ2v) is 14.1. The fourth-order valence-corrected chi connectivity index (χ4v) is 7.07. The van der Waals surface area contributed by atoms with E-state index in [9.17, 15) is 18.3 Å². The molecule has 10 nitrogen and oxygen atoms in total. The molecular weight excluding hydrogens is 655 g/mol. The number of carbonyl (C=O) groups is 1. The van der Waals surface area contributed by atoms with Gasteiger partial charge in [0.25, 0.3) is 0 Å². The Kier molecular flexibility index (Phi) is 10.1. The average molecular weight is 694 g/mol. The first-order chi connectivity index (χ1) is 24.1. The zero-order valence-corrected chi connectivity index (χ0v) is 29.1. The lowest BCUT2D eigenvalue weighted by Crippen LogP contribution is -2.09. The number of benzene rings is 4. The molecule has 0 radical (unpaired) electrons. The van der Waals surface area contributed by atoms with Crippen LogP contribution >= 0.6 is 0 Å². The molecule has 4 aromatic carbocycles. The van der Waals surface area contributed by atoms with Crippen LogP contribution in [-0.2, 0) is 48.3 Å². The summed E-state index contributed by atoms with van der Waals surface area (Å²) in [4.78, 5) is 13.0. The molecule has 2 aromatic heterocycles. The molecule has 2 heterocycles. The molecule has 6 aromatic rings. The number of para-hydroxylation sites is 1. The summed E-state index contributed by atoms with van der Waals surface area (Å²) in [7, 11) is 0.255. The van der Waals surface area contributed by atoms with Crippen molar-refractivity contribution in [2.24, 2.45) is 14.1 Å². The molecule has 0 unspecified atom stereocenters. The first-order valence-electron chi connectivity index (χ1n) is 16.2. The van der Waals surface area contributed by atoms with E-state index in [1.54, 1.807) is 34.5 Å². The molecule has 0 saturated heterocycles. The largest absolute Gasteiger partial charge is 0.493 e. The Bertz CT molecular complexity index is 2300. The van der Waals surface area contributed by atoms with E-state index in [-0.39, 0.29) is 23.8 Å². The molecule has 0 bridgehead atoms. The van der Waals surface area contributed by atoms with E-state index in [4.69, 9.17) is 19.3 Å². The number of carboxylic acids is 1. The highest BCUT2D eigenvalue weighted by molar-refractivity contribution is 7.90. The molecule has 0 atom stereocenters. The predicted molar refractivity (Wildman–Crippen MR) is 194 cm³/mol. The van der Waals surface area contributed by atoms with Gasteiger partial charge in [-0.3, -0.25) is 4.68 Å². The van der Waals surface area contributed by atoms with Crippen molar-refractivity contribution in [3.63, 3.8) is 0 Å². The summed E-state index contributed by atoms with van der Waals surface area (Å²) in [5, 5.41) is 18.2. The van der Waals surface area contributed by atoms with Crippen molar-refractivity contribution < 1.29 is 32.5 Å². The molecule has 50 heavy (non-hydrogen) atoms. The van der Waals surface area contributed by atoms with Crippen LogP contribution in [0, 0.1) is 0 Å². The van der Waals surface area contributed by atoms with E-state index in [1.165, 1.54) is 12.1 Å². The minimum absolute atomic E-state index is 0.0772. The summed E-state index contributed by atoms with van der Waals surface area (Å²) in [6.45, 7) is 4.82. The van der Waals surface area contributed by atoms with Gasteiger partial charge in [0.15, 0.2) is 9.84 Å². The van der Waals surface area contributed by atoms with Gasteiger partial charge in [0.2, 0.25) is 0 Å². The molecule has 11 heteroatoms. The molecule has 6 rings (SSSR count). The van der Waals surface area contributed by atoms with Crippen molar-refractivity contribution in [2.45, 2.75) is 31.0 Å². The maximum Gasteiger partial charge on any atom is 0.352 e. The highest BCUT2D eigenvalue weighted by atomic mass is 32.2. The molecule has 0 spiro atoms. The maximum absolute atomic E-state index is 12.8. The Hall–Kier alpha value is -5.39. The van der Waals surface area contributed by atoms with E-state index in [2.05, 4.69) is 6.58 Å². The predicted octanol–water partition coefficient (Wildman–Crippen LogP) is 7.13. The molecule has 0 aliphatic carbocycles. The number of hydrogen-bond acceptors (Lipinski definition) is 7. The number of aromatic carboxylic acids is 1. The second kappa shape index (κ2) is 14.6.